The van der Waals surface area contributed by atoms with Crippen molar-refractivity contribution in [2.45, 2.75) is 37.8 Å². The summed E-state index contributed by atoms with van der Waals surface area (Å²) in [5.41, 5.74) is 15.5. The molecule has 0 aliphatic heterocycles. The summed E-state index contributed by atoms with van der Waals surface area (Å²) in [6.07, 6.45) is 4.68. The topological polar surface area (TPSA) is 84.9 Å². The zero-order valence-corrected chi connectivity index (χ0v) is 10.6. The number of aromatic nitrogens is 1. The lowest BCUT2D eigenvalue weighted by Gasteiger charge is -2.48. The number of hydrogen-bond donors (Lipinski definition) is 3. The number of fused-ring (bicyclic) bond motifs is 4. The molecule has 1 saturated carbocycles. The van der Waals surface area contributed by atoms with Crippen LogP contribution in [-0.2, 0) is 12.0 Å². The lowest BCUT2D eigenvalue weighted by molar-refractivity contribution is 0.266. The third kappa shape index (κ3) is 1.49. The molecule has 0 saturated heterocycles. The van der Waals surface area contributed by atoms with E-state index in [0.717, 1.165) is 30.5 Å². The van der Waals surface area contributed by atoms with Crippen molar-refractivity contribution < 1.29 is 0 Å². The molecule has 3 atom stereocenters. The minimum atomic E-state index is -0.491. The molecule has 0 unspecified atom stereocenters. The first kappa shape index (κ1) is 11.7. The molecular formula is C14H19N3O. The summed E-state index contributed by atoms with van der Waals surface area (Å²) in [5.74, 6) is 0.370. The summed E-state index contributed by atoms with van der Waals surface area (Å²) in [6, 6.07) is 3.57. The Bertz CT molecular complexity index is 575. The van der Waals surface area contributed by atoms with Crippen LogP contribution in [0.4, 0.5) is 0 Å². The molecule has 2 aliphatic carbocycles. The Morgan fingerprint density at radius 3 is 3.00 bits per heavy atom. The van der Waals surface area contributed by atoms with Gasteiger partial charge in [0.1, 0.15) is 0 Å². The summed E-state index contributed by atoms with van der Waals surface area (Å²) in [4.78, 5) is 14.4. The molecule has 3 rings (SSSR count). The van der Waals surface area contributed by atoms with Gasteiger partial charge in [-0.2, -0.15) is 0 Å². The van der Waals surface area contributed by atoms with E-state index in [9.17, 15) is 4.79 Å². The highest BCUT2D eigenvalue weighted by atomic mass is 16.1. The Kier molecular flexibility index (Phi) is 2.47. The lowest BCUT2D eigenvalue weighted by Crippen LogP contribution is -2.54. The van der Waals surface area contributed by atoms with Crippen LogP contribution in [0.15, 0.2) is 28.6 Å². The van der Waals surface area contributed by atoms with Gasteiger partial charge >= 0.3 is 0 Å². The van der Waals surface area contributed by atoms with Crippen LogP contribution in [0, 0.1) is 5.92 Å². The number of nitrogens with two attached hydrogens (primary N) is 2. The van der Waals surface area contributed by atoms with Gasteiger partial charge in [-0.05, 0) is 49.3 Å². The van der Waals surface area contributed by atoms with E-state index in [1.54, 1.807) is 6.07 Å². The first-order valence-corrected chi connectivity index (χ1v) is 6.48. The molecule has 18 heavy (non-hydrogen) atoms. The van der Waals surface area contributed by atoms with E-state index in [2.05, 4.69) is 11.1 Å². The Balaban J connectivity index is 2.23. The molecule has 1 aromatic heterocycles. The summed E-state index contributed by atoms with van der Waals surface area (Å²) in [5, 5.41) is 0. The smallest absolute Gasteiger partial charge is 0.248 e. The van der Waals surface area contributed by atoms with Crippen molar-refractivity contribution in [3.8, 4) is 0 Å². The maximum Gasteiger partial charge on any atom is 0.248 e. The highest BCUT2D eigenvalue weighted by molar-refractivity contribution is 5.45. The maximum atomic E-state index is 11.4. The molecule has 0 spiro atoms. The predicted octanol–water partition coefficient (Wildman–Crippen LogP) is 0.769. The first-order valence-electron chi connectivity index (χ1n) is 6.48. The zero-order valence-electron chi connectivity index (χ0n) is 10.6. The second kappa shape index (κ2) is 3.80. The van der Waals surface area contributed by atoms with Gasteiger partial charge in [-0.1, -0.05) is 6.08 Å². The van der Waals surface area contributed by atoms with Crippen molar-refractivity contribution in [1.82, 2.24) is 4.98 Å². The van der Waals surface area contributed by atoms with Gasteiger partial charge in [-0.25, -0.2) is 0 Å². The average Bonchev–Trinajstić information content (AvgIpc) is 2.26. The van der Waals surface area contributed by atoms with Crippen LogP contribution in [-0.4, -0.2) is 11.0 Å². The van der Waals surface area contributed by atoms with Gasteiger partial charge in [-0.15, -0.1) is 0 Å². The molecule has 96 valence electrons. The van der Waals surface area contributed by atoms with E-state index in [0.29, 0.717) is 5.92 Å². The van der Waals surface area contributed by atoms with E-state index in [1.165, 1.54) is 5.57 Å². The second-order valence-corrected chi connectivity index (χ2v) is 5.53. The quantitative estimate of drug-likeness (QED) is 0.590. The zero-order chi connectivity index (χ0) is 12.9. The Morgan fingerprint density at radius 2 is 2.28 bits per heavy atom. The van der Waals surface area contributed by atoms with Crippen LogP contribution in [0.25, 0.3) is 0 Å². The second-order valence-electron chi connectivity index (χ2n) is 5.53. The molecule has 0 amide bonds. The summed E-state index contributed by atoms with van der Waals surface area (Å²) >= 11 is 0. The van der Waals surface area contributed by atoms with Crippen LogP contribution in [0.2, 0.25) is 0 Å². The van der Waals surface area contributed by atoms with Crippen molar-refractivity contribution in [1.29, 1.82) is 0 Å². The number of aromatic amines is 1. The number of nitrogens with one attached hydrogen (secondary N) is 1. The van der Waals surface area contributed by atoms with Crippen molar-refractivity contribution in [2.24, 2.45) is 17.4 Å². The largest absolute Gasteiger partial charge is 0.328 e. The number of rotatable bonds is 0. The van der Waals surface area contributed by atoms with Gasteiger partial charge in [0.2, 0.25) is 5.56 Å². The van der Waals surface area contributed by atoms with E-state index >= 15 is 0 Å². The summed E-state index contributed by atoms with van der Waals surface area (Å²) < 4.78 is 0. The van der Waals surface area contributed by atoms with Gasteiger partial charge in [0, 0.05) is 17.8 Å². The van der Waals surface area contributed by atoms with Crippen LogP contribution >= 0.6 is 0 Å². The SMILES string of the molecule is C/C=C1\[C@@H]2Cc3[nH]c(=O)ccc3[C@@]1(N)C[C@@H](N)C2. The molecule has 4 nitrogen and oxygen atoms in total. The van der Waals surface area contributed by atoms with E-state index in [-0.39, 0.29) is 11.6 Å². The fraction of sp³-hybridized carbons (Fsp3) is 0.500. The van der Waals surface area contributed by atoms with Gasteiger partial charge in [-0.3, -0.25) is 4.79 Å². The minimum Gasteiger partial charge on any atom is -0.328 e. The third-order valence-corrected chi connectivity index (χ3v) is 4.37. The normalized spacial score (nSPS) is 36.5. The molecule has 2 aliphatic rings. The highest BCUT2D eigenvalue weighted by Gasteiger charge is 2.46. The number of allylic oxidation sites excluding steroid dienone is 1. The molecular weight excluding hydrogens is 226 g/mol. The van der Waals surface area contributed by atoms with Crippen LogP contribution in [0.5, 0.6) is 0 Å². The van der Waals surface area contributed by atoms with Gasteiger partial charge in [0.15, 0.2) is 0 Å². The van der Waals surface area contributed by atoms with Crippen molar-refractivity contribution >= 4 is 0 Å². The fourth-order valence-corrected chi connectivity index (χ4v) is 3.77. The number of hydrogen-bond acceptors (Lipinski definition) is 3. The maximum absolute atomic E-state index is 11.4. The third-order valence-electron chi connectivity index (χ3n) is 4.37. The van der Waals surface area contributed by atoms with Gasteiger partial charge in [0.05, 0.1) is 5.54 Å². The Labute approximate surface area is 106 Å². The van der Waals surface area contributed by atoms with Crippen molar-refractivity contribution in [3.63, 3.8) is 0 Å². The number of H-pyrrole nitrogens is 1. The first-order chi connectivity index (χ1) is 8.54. The van der Waals surface area contributed by atoms with Crippen LogP contribution < -0.4 is 17.0 Å². The van der Waals surface area contributed by atoms with Gasteiger partial charge in [0.25, 0.3) is 0 Å². The molecule has 1 heterocycles. The molecule has 0 aromatic carbocycles. The van der Waals surface area contributed by atoms with Gasteiger partial charge < -0.3 is 16.5 Å². The van der Waals surface area contributed by atoms with Crippen molar-refractivity contribution in [3.05, 3.63) is 45.4 Å². The molecule has 5 N–H and O–H groups in total. The fourth-order valence-electron chi connectivity index (χ4n) is 3.77. The van der Waals surface area contributed by atoms with E-state index in [4.69, 9.17) is 11.5 Å². The molecule has 4 heteroatoms. The van der Waals surface area contributed by atoms with Crippen LogP contribution in [0.3, 0.4) is 0 Å². The molecule has 1 aromatic rings. The van der Waals surface area contributed by atoms with Crippen molar-refractivity contribution in [2.75, 3.05) is 0 Å². The average molecular weight is 245 g/mol. The standard InChI is InChI=1S/C14H19N3O/c1-2-10-8-5-9(15)7-14(10,16)11-3-4-13(18)17-12(11)6-8/h2-4,8-9H,5-7,15-16H2,1H3,(H,17,18)/b10-2+/t8-,9-,14+/m0/s1. The Hall–Kier alpha value is -1.39. The van der Waals surface area contributed by atoms with E-state index in [1.807, 2.05) is 13.0 Å². The Morgan fingerprint density at radius 1 is 1.50 bits per heavy atom. The highest BCUT2D eigenvalue weighted by Crippen LogP contribution is 2.47. The number of pyridine rings is 1. The summed E-state index contributed by atoms with van der Waals surface area (Å²) in [6.45, 7) is 2.04. The molecule has 1 fully saturated rings. The summed E-state index contributed by atoms with van der Waals surface area (Å²) in [7, 11) is 0. The minimum absolute atomic E-state index is 0.0522. The van der Waals surface area contributed by atoms with Crippen LogP contribution in [0.1, 0.15) is 31.0 Å². The monoisotopic (exact) mass is 245 g/mol. The molecule has 2 bridgehead atoms. The molecule has 0 radical (unpaired) electrons. The van der Waals surface area contributed by atoms with E-state index < -0.39 is 5.54 Å². The lowest BCUT2D eigenvalue weighted by atomic mass is 9.61. The predicted molar refractivity (Wildman–Crippen MR) is 71.1 cm³/mol.